The van der Waals surface area contributed by atoms with Gasteiger partial charge in [-0.05, 0) is 30.7 Å². The molecule has 1 N–H and O–H groups in total. The molecule has 0 aliphatic heterocycles. The van der Waals surface area contributed by atoms with E-state index in [1.807, 2.05) is 35.1 Å². The Kier molecular flexibility index (Phi) is 9.41. The molecule has 3 rings (SSSR count). The van der Waals surface area contributed by atoms with Crippen LogP contribution in [0.4, 0.5) is 5.82 Å². The van der Waals surface area contributed by atoms with Gasteiger partial charge in [-0.3, -0.25) is 4.79 Å². The van der Waals surface area contributed by atoms with Crippen molar-refractivity contribution in [1.82, 2.24) is 9.71 Å². The van der Waals surface area contributed by atoms with Crippen molar-refractivity contribution in [2.75, 3.05) is 25.6 Å². The fraction of sp³-hybridized carbons (Fsp3) is 0.462. The number of methoxy groups -OCH3 is 1. The lowest BCUT2D eigenvalue weighted by Crippen LogP contribution is -2.23. The number of aromatic nitrogens is 2. The van der Waals surface area contributed by atoms with Crippen molar-refractivity contribution in [2.24, 2.45) is 5.92 Å². The van der Waals surface area contributed by atoms with Crippen LogP contribution in [-0.4, -0.2) is 35.9 Å². The highest BCUT2D eigenvalue weighted by molar-refractivity contribution is 5.81. The summed E-state index contributed by atoms with van der Waals surface area (Å²) in [5.74, 6) is 0.566. The first kappa shape index (κ1) is 23.6. The second-order valence-corrected chi connectivity index (χ2v) is 8.09. The Morgan fingerprint density at radius 1 is 1.09 bits per heavy atom. The van der Waals surface area contributed by atoms with Crippen LogP contribution in [0.15, 0.2) is 54.7 Å². The fourth-order valence-electron chi connectivity index (χ4n) is 3.93. The van der Waals surface area contributed by atoms with E-state index in [0.717, 1.165) is 54.6 Å². The van der Waals surface area contributed by atoms with E-state index in [4.69, 9.17) is 9.57 Å². The second-order valence-electron chi connectivity index (χ2n) is 8.09. The highest BCUT2D eigenvalue weighted by atomic mass is 16.7. The molecule has 6 nitrogen and oxygen atoms in total. The molecule has 0 aliphatic rings. The maximum Gasteiger partial charge on any atom is 0.309 e. The number of pyridine rings is 1. The molecule has 3 aromatic rings. The summed E-state index contributed by atoms with van der Waals surface area (Å²) in [4.78, 5) is 22.9. The van der Waals surface area contributed by atoms with Gasteiger partial charge in [-0.1, -0.05) is 56.9 Å². The number of carbonyl (C=O) groups is 1. The van der Waals surface area contributed by atoms with Gasteiger partial charge in [0.05, 0.1) is 24.2 Å². The number of anilines is 1. The monoisotopic (exact) mass is 437 g/mol. The third-order valence-electron chi connectivity index (χ3n) is 5.65. The maximum atomic E-state index is 12.5. The zero-order valence-corrected chi connectivity index (χ0v) is 19.3. The Morgan fingerprint density at radius 3 is 2.72 bits per heavy atom. The van der Waals surface area contributed by atoms with E-state index in [0.29, 0.717) is 13.0 Å². The van der Waals surface area contributed by atoms with Gasteiger partial charge in [0.1, 0.15) is 12.4 Å². The van der Waals surface area contributed by atoms with Crippen molar-refractivity contribution in [2.45, 2.75) is 51.9 Å². The average molecular weight is 438 g/mol. The predicted molar refractivity (Wildman–Crippen MR) is 129 cm³/mol. The smallest absolute Gasteiger partial charge is 0.309 e. The van der Waals surface area contributed by atoms with Gasteiger partial charge in [-0.25, -0.2) is 4.98 Å². The molecule has 0 bridgehead atoms. The molecule has 0 fully saturated rings. The number of para-hydroxylation sites is 1. The molecule has 0 spiro atoms. The summed E-state index contributed by atoms with van der Waals surface area (Å²) < 4.78 is 7.01. The van der Waals surface area contributed by atoms with Crippen molar-refractivity contribution in [3.05, 3.63) is 60.4 Å². The number of nitrogens with one attached hydrogen (secondary N) is 1. The third-order valence-corrected chi connectivity index (χ3v) is 5.65. The van der Waals surface area contributed by atoms with Crippen molar-refractivity contribution >= 4 is 22.7 Å². The van der Waals surface area contributed by atoms with Crippen molar-refractivity contribution in [3.8, 4) is 0 Å². The van der Waals surface area contributed by atoms with Gasteiger partial charge in [0, 0.05) is 31.0 Å². The van der Waals surface area contributed by atoms with E-state index in [-0.39, 0.29) is 11.9 Å². The zero-order chi connectivity index (χ0) is 22.6. The summed E-state index contributed by atoms with van der Waals surface area (Å²) in [5.41, 5.74) is 2.03. The lowest BCUT2D eigenvalue weighted by Gasteiger charge is -2.17. The first-order chi connectivity index (χ1) is 15.7. The Bertz CT molecular complexity index is 955. The van der Waals surface area contributed by atoms with Gasteiger partial charge in [0.15, 0.2) is 0 Å². The van der Waals surface area contributed by atoms with Crippen LogP contribution in [0.3, 0.4) is 0 Å². The Labute approximate surface area is 190 Å². The number of fused-ring (bicyclic) bond motifs is 1. The summed E-state index contributed by atoms with van der Waals surface area (Å²) in [7, 11) is 1.47. The molecule has 1 aromatic carbocycles. The number of nitrogens with zero attached hydrogens (tertiary/aromatic N) is 2. The van der Waals surface area contributed by atoms with E-state index in [1.165, 1.54) is 20.0 Å². The standard InChI is InChI=1S/C26H35N3O3/c1-3-4-5-6-13-22(26(30)31-2)20-23-19-21-12-7-8-14-24(21)29(23)32-18-11-17-28-25-15-9-10-16-27-25/h7-10,12,14-16,19,22H,3-6,11,13,17-18,20H2,1-2H3,(H,27,28). The molecule has 2 aromatic heterocycles. The molecular formula is C26H35N3O3. The summed E-state index contributed by atoms with van der Waals surface area (Å²) in [6.07, 6.45) is 8.61. The van der Waals surface area contributed by atoms with E-state index in [2.05, 4.69) is 35.4 Å². The van der Waals surface area contributed by atoms with Crippen LogP contribution in [0.25, 0.3) is 10.9 Å². The molecule has 0 aliphatic carbocycles. The summed E-state index contributed by atoms with van der Waals surface area (Å²) in [6, 6.07) is 16.1. The Hall–Kier alpha value is -3.02. The molecule has 1 unspecified atom stereocenters. The predicted octanol–water partition coefficient (Wildman–Crippen LogP) is 5.27. The summed E-state index contributed by atoms with van der Waals surface area (Å²) in [6.45, 7) is 3.53. The minimum atomic E-state index is -0.158. The van der Waals surface area contributed by atoms with Crippen LogP contribution in [0.2, 0.25) is 0 Å². The van der Waals surface area contributed by atoms with Gasteiger partial charge in [-0.15, -0.1) is 0 Å². The molecule has 1 atom stereocenters. The van der Waals surface area contributed by atoms with Gasteiger partial charge in [0.25, 0.3) is 0 Å². The van der Waals surface area contributed by atoms with Gasteiger partial charge in [-0.2, -0.15) is 4.73 Å². The van der Waals surface area contributed by atoms with Crippen LogP contribution in [0.5, 0.6) is 0 Å². The van der Waals surface area contributed by atoms with E-state index >= 15 is 0 Å². The number of carbonyl (C=O) groups excluding carboxylic acids is 1. The molecule has 6 heteroatoms. The number of hydrogen-bond donors (Lipinski definition) is 1. The number of unbranched alkanes of at least 4 members (excludes halogenated alkanes) is 3. The summed E-state index contributed by atoms with van der Waals surface area (Å²) >= 11 is 0. The molecule has 32 heavy (non-hydrogen) atoms. The minimum absolute atomic E-state index is 0.141. The van der Waals surface area contributed by atoms with E-state index in [1.54, 1.807) is 6.20 Å². The van der Waals surface area contributed by atoms with Crippen LogP contribution in [0.1, 0.15) is 51.1 Å². The van der Waals surface area contributed by atoms with Crippen molar-refractivity contribution in [3.63, 3.8) is 0 Å². The largest absolute Gasteiger partial charge is 0.469 e. The number of ether oxygens (including phenoxy) is 1. The third kappa shape index (κ3) is 6.74. The Balaban J connectivity index is 1.64. The molecule has 0 amide bonds. The van der Waals surface area contributed by atoms with Crippen LogP contribution < -0.4 is 10.2 Å². The first-order valence-corrected chi connectivity index (χ1v) is 11.7. The molecule has 172 valence electrons. The topological polar surface area (TPSA) is 65.4 Å². The number of rotatable bonds is 14. The molecule has 0 saturated carbocycles. The second kappa shape index (κ2) is 12.7. The number of hydrogen-bond acceptors (Lipinski definition) is 5. The zero-order valence-electron chi connectivity index (χ0n) is 19.3. The van der Waals surface area contributed by atoms with Gasteiger partial charge in [0.2, 0.25) is 0 Å². The lowest BCUT2D eigenvalue weighted by molar-refractivity contribution is -0.145. The van der Waals surface area contributed by atoms with Crippen molar-refractivity contribution in [1.29, 1.82) is 0 Å². The Morgan fingerprint density at radius 2 is 1.94 bits per heavy atom. The molecule has 0 saturated heterocycles. The maximum absolute atomic E-state index is 12.5. The number of benzene rings is 1. The van der Waals surface area contributed by atoms with Crippen LogP contribution in [0, 0.1) is 5.92 Å². The normalized spacial score (nSPS) is 11.9. The van der Waals surface area contributed by atoms with E-state index < -0.39 is 0 Å². The van der Waals surface area contributed by atoms with E-state index in [9.17, 15) is 4.79 Å². The molecule has 2 heterocycles. The number of esters is 1. The van der Waals surface area contributed by atoms with Gasteiger partial charge >= 0.3 is 5.97 Å². The van der Waals surface area contributed by atoms with Crippen molar-refractivity contribution < 1.29 is 14.4 Å². The fourth-order valence-corrected chi connectivity index (χ4v) is 3.93. The van der Waals surface area contributed by atoms with Gasteiger partial charge < -0.3 is 14.9 Å². The average Bonchev–Trinajstić information content (AvgIpc) is 3.18. The summed E-state index contributed by atoms with van der Waals surface area (Å²) in [5, 5.41) is 4.42. The minimum Gasteiger partial charge on any atom is -0.469 e. The van der Waals surface area contributed by atoms with Crippen LogP contribution in [-0.2, 0) is 16.0 Å². The first-order valence-electron chi connectivity index (χ1n) is 11.7. The lowest BCUT2D eigenvalue weighted by atomic mass is 9.96. The molecule has 0 radical (unpaired) electrons. The highest BCUT2D eigenvalue weighted by Crippen LogP contribution is 2.24. The molecular weight excluding hydrogens is 402 g/mol. The van der Waals surface area contributed by atoms with Crippen LogP contribution >= 0.6 is 0 Å². The quantitative estimate of drug-likeness (QED) is 0.275. The SMILES string of the molecule is CCCCCCC(Cc1cc2ccccc2n1OCCCNc1ccccn1)C(=O)OC. The highest BCUT2D eigenvalue weighted by Gasteiger charge is 2.22.